The number of ether oxygens (including phenoxy) is 1. The van der Waals surface area contributed by atoms with Crippen LogP contribution in [0.3, 0.4) is 0 Å². The lowest BCUT2D eigenvalue weighted by molar-refractivity contribution is 0.0763. The van der Waals surface area contributed by atoms with Crippen molar-refractivity contribution in [2.45, 2.75) is 31.8 Å². The van der Waals surface area contributed by atoms with E-state index in [2.05, 4.69) is 5.32 Å². The normalized spacial score (nSPS) is 23.7. The molecule has 4 nitrogen and oxygen atoms in total. The van der Waals surface area contributed by atoms with E-state index in [4.69, 9.17) is 10.5 Å². The van der Waals surface area contributed by atoms with E-state index >= 15 is 0 Å². The van der Waals surface area contributed by atoms with Crippen molar-refractivity contribution in [1.82, 2.24) is 0 Å². The highest BCUT2D eigenvalue weighted by molar-refractivity contribution is 5.61. The number of hydrogen-bond donors (Lipinski definition) is 3. The van der Waals surface area contributed by atoms with E-state index in [-0.39, 0.29) is 6.10 Å². The number of benzene rings is 1. The molecule has 0 saturated heterocycles. The zero-order valence-corrected chi connectivity index (χ0v) is 10.9. The number of nitrogens with two attached hydrogens (primary N) is 1. The Bertz CT molecular complexity index is 395. The molecule has 1 aliphatic rings. The van der Waals surface area contributed by atoms with Gasteiger partial charge in [-0.2, -0.15) is 0 Å². The van der Waals surface area contributed by atoms with Gasteiger partial charge in [0.05, 0.1) is 18.9 Å². The summed E-state index contributed by atoms with van der Waals surface area (Å²) in [5.41, 5.74) is 7.39. The van der Waals surface area contributed by atoms with Crippen molar-refractivity contribution in [2.75, 3.05) is 24.7 Å². The molecule has 2 atom stereocenters. The lowest BCUT2D eigenvalue weighted by Gasteiger charge is -2.28. The van der Waals surface area contributed by atoms with Crippen LogP contribution in [-0.2, 0) is 0 Å². The highest BCUT2D eigenvalue weighted by Gasteiger charge is 2.22. The topological polar surface area (TPSA) is 67.5 Å². The minimum atomic E-state index is -0.165. The minimum absolute atomic E-state index is 0.165. The molecule has 0 aromatic heterocycles. The molecular weight excluding hydrogens is 228 g/mol. The van der Waals surface area contributed by atoms with Crippen molar-refractivity contribution >= 4 is 11.4 Å². The maximum Gasteiger partial charge on any atom is 0.143 e. The molecule has 1 fully saturated rings. The molecule has 18 heavy (non-hydrogen) atoms. The molecule has 0 radical (unpaired) electrons. The van der Waals surface area contributed by atoms with Gasteiger partial charge in [0.25, 0.3) is 0 Å². The van der Waals surface area contributed by atoms with Crippen LogP contribution in [0.25, 0.3) is 0 Å². The molecule has 0 amide bonds. The molecule has 1 aliphatic carbocycles. The number of methoxy groups -OCH3 is 1. The van der Waals surface area contributed by atoms with Gasteiger partial charge in [-0.3, -0.25) is 0 Å². The van der Waals surface area contributed by atoms with Crippen molar-refractivity contribution < 1.29 is 9.84 Å². The van der Waals surface area contributed by atoms with Gasteiger partial charge < -0.3 is 20.9 Å². The first-order chi connectivity index (χ1) is 8.70. The van der Waals surface area contributed by atoms with Crippen molar-refractivity contribution in [3.63, 3.8) is 0 Å². The summed E-state index contributed by atoms with van der Waals surface area (Å²) in [5.74, 6) is 1.03. The molecule has 1 saturated carbocycles. The molecule has 1 aromatic rings. The number of rotatable bonds is 4. The van der Waals surface area contributed by atoms with Crippen molar-refractivity contribution in [2.24, 2.45) is 5.92 Å². The Morgan fingerprint density at radius 1 is 1.39 bits per heavy atom. The van der Waals surface area contributed by atoms with Gasteiger partial charge in [-0.1, -0.05) is 12.8 Å². The smallest absolute Gasteiger partial charge is 0.143 e. The van der Waals surface area contributed by atoms with Crippen molar-refractivity contribution in [1.29, 1.82) is 0 Å². The number of hydrogen-bond acceptors (Lipinski definition) is 4. The van der Waals surface area contributed by atoms with Crippen molar-refractivity contribution in [3.05, 3.63) is 18.2 Å². The van der Waals surface area contributed by atoms with Gasteiger partial charge in [0, 0.05) is 24.2 Å². The summed E-state index contributed by atoms with van der Waals surface area (Å²) in [6.07, 6.45) is 4.22. The summed E-state index contributed by atoms with van der Waals surface area (Å²) in [6, 6.07) is 5.66. The maximum atomic E-state index is 9.91. The molecule has 0 spiro atoms. The van der Waals surface area contributed by atoms with Gasteiger partial charge in [-0.05, 0) is 25.0 Å². The standard InChI is InChI=1S/C14H22N2O2/c1-18-14-8-11(6-7-12(14)15)16-9-10-4-2-3-5-13(10)17/h6-8,10,13,16-17H,2-5,9,15H2,1H3. The van der Waals surface area contributed by atoms with Crippen LogP contribution in [0.1, 0.15) is 25.7 Å². The molecular formula is C14H22N2O2. The minimum Gasteiger partial charge on any atom is -0.495 e. The molecule has 0 aliphatic heterocycles. The highest BCUT2D eigenvalue weighted by Crippen LogP contribution is 2.27. The third-order valence-corrected chi connectivity index (χ3v) is 3.67. The summed E-state index contributed by atoms with van der Waals surface area (Å²) >= 11 is 0. The number of nitrogens with one attached hydrogen (secondary N) is 1. The second-order valence-corrected chi connectivity index (χ2v) is 4.95. The zero-order valence-electron chi connectivity index (χ0n) is 10.9. The average Bonchev–Trinajstić information content (AvgIpc) is 2.39. The fourth-order valence-electron chi connectivity index (χ4n) is 2.50. The van der Waals surface area contributed by atoms with E-state index < -0.39 is 0 Å². The average molecular weight is 250 g/mol. The van der Waals surface area contributed by atoms with Crippen LogP contribution >= 0.6 is 0 Å². The van der Waals surface area contributed by atoms with Crippen LogP contribution in [0.2, 0.25) is 0 Å². The molecule has 1 aromatic carbocycles. The first-order valence-electron chi connectivity index (χ1n) is 6.56. The first kappa shape index (κ1) is 13.0. The van der Waals surface area contributed by atoms with E-state index in [1.54, 1.807) is 7.11 Å². The molecule has 0 bridgehead atoms. The fourth-order valence-corrected chi connectivity index (χ4v) is 2.50. The van der Waals surface area contributed by atoms with Gasteiger partial charge in [0.1, 0.15) is 5.75 Å². The monoisotopic (exact) mass is 250 g/mol. The molecule has 2 unspecified atom stereocenters. The molecule has 2 rings (SSSR count). The lowest BCUT2D eigenvalue weighted by Crippen LogP contribution is -2.30. The molecule has 0 heterocycles. The number of aliphatic hydroxyl groups is 1. The second-order valence-electron chi connectivity index (χ2n) is 4.95. The summed E-state index contributed by atoms with van der Waals surface area (Å²) in [6.45, 7) is 0.800. The maximum absolute atomic E-state index is 9.91. The summed E-state index contributed by atoms with van der Waals surface area (Å²) < 4.78 is 5.18. The molecule has 100 valence electrons. The number of nitrogen functional groups attached to an aromatic ring is 1. The van der Waals surface area contributed by atoms with Crippen LogP contribution in [-0.4, -0.2) is 24.9 Å². The molecule has 4 N–H and O–H groups in total. The van der Waals surface area contributed by atoms with Gasteiger partial charge in [-0.15, -0.1) is 0 Å². The highest BCUT2D eigenvalue weighted by atomic mass is 16.5. The van der Waals surface area contributed by atoms with Crippen molar-refractivity contribution in [3.8, 4) is 5.75 Å². The second kappa shape index (κ2) is 5.96. The number of anilines is 2. The largest absolute Gasteiger partial charge is 0.495 e. The fraction of sp³-hybridized carbons (Fsp3) is 0.571. The summed E-state index contributed by atoms with van der Waals surface area (Å²) in [5, 5.41) is 13.3. The summed E-state index contributed by atoms with van der Waals surface area (Å²) in [4.78, 5) is 0. The molecule has 4 heteroatoms. The lowest BCUT2D eigenvalue weighted by atomic mass is 9.86. The third kappa shape index (κ3) is 3.07. The van der Waals surface area contributed by atoms with E-state index in [9.17, 15) is 5.11 Å². The first-order valence-corrected chi connectivity index (χ1v) is 6.56. The Kier molecular flexibility index (Phi) is 4.31. The van der Waals surface area contributed by atoms with Gasteiger partial charge >= 0.3 is 0 Å². The van der Waals surface area contributed by atoms with E-state index in [1.165, 1.54) is 6.42 Å². The van der Waals surface area contributed by atoms with Crippen LogP contribution in [0, 0.1) is 5.92 Å². The van der Waals surface area contributed by atoms with E-state index in [1.807, 2.05) is 18.2 Å². The Labute approximate surface area is 108 Å². The van der Waals surface area contributed by atoms with Gasteiger partial charge in [0.2, 0.25) is 0 Å². The van der Waals surface area contributed by atoms with Gasteiger partial charge in [-0.25, -0.2) is 0 Å². The van der Waals surface area contributed by atoms with Crippen LogP contribution in [0.5, 0.6) is 5.75 Å². The Morgan fingerprint density at radius 2 is 2.17 bits per heavy atom. The van der Waals surface area contributed by atoms with Gasteiger partial charge in [0.15, 0.2) is 0 Å². The zero-order chi connectivity index (χ0) is 13.0. The SMILES string of the molecule is COc1cc(NCC2CCCCC2O)ccc1N. The Hall–Kier alpha value is -1.42. The summed E-state index contributed by atoms with van der Waals surface area (Å²) in [7, 11) is 1.61. The third-order valence-electron chi connectivity index (χ3n) is 3.67. The van der Waals surface area contributed by atoms with Crippen LogP contribution < -0.4 is 15.8 Å². The Morgan fingerprint density at radius 3 is 2.89 bits per heavy atom. The van der Waals surface area contributed by atoms with E-state index in [0.717, 1.165) is 31.5 Å². The van der Waals surface area contributed by atoms with Crippen LogP contribution in [0.4, 0.5) is 11.4 Å². The Balaban J connectivity index is 1.93. The number of aliphatic hydroxyl groups excluding tert-OH is 1. The van der Waals surface area contributed by atoms with Crippen LogP contribution in [0.15, 0.2) is 18.2 Å². The predicted octanol–water partition coefficient (Wildman–Crippen LogP) is 2.24. The quantitative estimate of drug-likeness (QED) is 0.717. The van der Waals surface area contributed by atoms with E-state index in [0.29, 0.717) is 17.4 Å². The predicted molar refractivity (Wildman–Crippen MR) is 73.9 cm³/mol.